The third-order valence-corrected chi connectivity index (χ3v) is 4.53. The lowest BCUT2D eigenvalue weighted by Gasteiger charge is -2.29. The van der Waals surface area contributed by atoms with Gasteiger partial charge >= 0.3 is 0 Å². The second-order valence-electron chi connectivity index (χ2n) is 6.64. The van der Waals surface area contributed by atoms with Gasteiger partial charge in [0.15, 0.2) is 0 Å². The summed E-state index contributed by atoms with van der Waals surface area (Å²) in [6, 6.07) is 5.20. The molecule has 0 radical (unpaired) electrons. The SMILES string of the molecule is O=C(CCCn1cccn1)NC1CCC(Oc2cc(F)cc(F)c2)CC1. The van der Waals surface area contributed by atoms with E-state index in [-0.39, 0.29) is 23.8 Å². The van der Waals surface area contributed by atoms with Crippen LogP contribution in [0.3, 0.4) is 0 Å². The second kappa shape index (κ2) is 8.78. The summed E-state index contributed by atoms with van der Waals surface area (Å²) < 4.78 is 33.9. The number of aromatic nitrogens is 2. The van der Waals surface area contributed by atoms with Crippen molar-refractivity contribution in [3.63, 3.8) is 0 Å². The fraction of sp³-hybridized carbons (Fsp3) is 0.474. The van der Waals surface area contributed by atoms with Crippen LogP contribution in [0.5, 0.6) is 5.75 Å². The van der Waals surface area contributed by atoms with Crippen molar-refractivity contribution in [2.24, 2.45) is 0 Å². The van der Waals surface area contributed by atoms with Crippen LogP contribution in [0.1, 0.15) is 38.5 Å². The molecule has 0 unspecified atom stereocenters. The van der Waals surface area contributed by atoms with Crippen LogP contribution in [-0.2, 0) is 11.3 Å². The highest BCUT2D eigenvalue weighted by atomic mass is 19.1. The van der Waals surface area contributed by atoms with Crippen LogP contribution in [0.4, 0.5) is 8.78 Å². The highest BCUT2D eigenvalue weighted by Crippen LogP contribution is 2.25. The average molecular weight is 363 g/mol. The lowest BCUT2D eigenvalue weighted by Crippen LogP contribution is -2.39. The number of rotatable bonds is 7. The van der Waals surface area contributed by atoms with E-state index in [9.17, 15) is 13.6 Å². The Hall–Kier alpha value is -2.44. The summed E-state index contributed by atoms with van der Waals surface area (Å²) >= 11 is 0. The molecule has 1 amide bonds. The molecule has 1 saturated carbocycles. The van der Waals surface area contributed by atoms with Gasteiger partial charge in [0.05, 0.1) is 6.10 Å². The molecular weight excluding hydrogens is 340 g/mol. The lowest BCUT2D eigenvalue weighted by atomic mass is 9.92. The minimum Gasteiger partial charge on any atom is -0.490 e. The van der Waals surface area contributed by atoms with E-state index in [4.69, 9.17) is 4.74 Å². The molecule has 26 heavy (non-hydrogen) atoms. The van der Waals surface area contributed by atoms with Gasteiger partial charge in [-0.05, 0) is 38.2 Å². The van der Waals surface area contributed by atoms with Gasteiger partial charge in [-0.25, -0.2) is 8.78 Å². The Morgan fingerprint density at radius 1 is 1.19 bits per heavy atom. The van der Waals surface area contributed by atoms with E-state index in [1.54, 1.807) is 6.20 Å². The van der Waals surface area contributed by atoms with Gasteiger partial charge in [0.1, 0.15) is 17.4 Å². The van der Waals surface area contributed by atoms with Crippen molar-refractivity contribution in [2.45, 2.75) is 57.2 Å². The number of amides is 1. The van der Waals surface area contributed by atoms with E-state index >= 15 is 0 Å². The smallest absolute Gasteiger partial charge is 0.220 e. The minimum atomic E-state index is -0.643. The quantitative estimate of drug-likeness (QED) is 0.820. The molecule has 0 saturated heterocycles. The van der Waals surface area contributed by atoms with Gasteiger partial charge in [0.2, 0.25) is 5.91 Å². The summed E-state index contributed by atoms with van der Waals surface area (Å²) in [5.41, 5.74) is 0. The maximum absolute atomic E-state index is 13.2. The molecule has 1 aliphatic carbocycles. The van der Waals surface area contributed by atoms with Crippen LogP contribution in [-0.4, -0.2) is 27.8 Å². The monoisotopic (exact) mass is 363 g/mol. The second-order valence-corrected chi connectivity index (χ2v) is 6.64. The molecule has 5 nitrogen and oxygen atoms in total. The van der Waals surface area contributed by atoms with Gasteiger partial charge in [0.25, 0.3) is 0 Å². The molecular formula is C19H23F2N3O2. The molecule has 140 valence electrons. The molecule has 1 N–H and O–H groups in total. The summed E-state index contributed by atoms with van der Waals surface area (Å²) in [6.45, 7) is 0.727. The minimum absolute atomic E-state index is 0.0497. The molecule has 1 aliphatic rings. The Morgan fingerprint density at radius 2 is 1.92 bits per heavy atom. The average Bonchev–Trinajstić information content (AvgIpc) is 3.09. The third-order valence-electron chi connectivity index (χ3n) is 4.53. The van der Waals surface area contributed by atoms with Gasteiger partial charge in [-0.15, -0.1) is 0 Å². The molecule has 0 bridgehead atoms. The highest BCUT2D eigenvalue weighted by molar-refractivity contribution is 5.76. The van der Waals surface area contributed by atoms with E-state index in [1.807, 2.05) is 16.9 Å². The number of aryl methyl sites for hydroxylation is 1. The summed E-state index contributed by atoms with van der Waals surface area (Å²) in [4.78, 5) is 12.0. The molecule has 1 aromatic carbocycles. The maximum atomic E-state index is 13.2. The number of hydrogen-bond acceptors (Lipinski definition) is 3. The fourth-order valence-corrected chi connectivity index (χ4v) is 3.25. The van der Waals surface area contributed by atoms with Crippen molar-refractivity contribution in [3.05, 3.63) is 48.3 Å². The number of ether oxygens (including phenoxy) is 1. The van der Waals surface area contributed by atoms with E-state index in [0.717, 1.165) is 44.7 Å². The van der Waals surface area contributed by atoms with E-state index < -0.39 is 11.6 Å². The van der Waals surface area contributed by atoms with Crippen molar-refractivity contribution in [2.75, 3.05) is 0 Å². The number of halogens is 2. The molecule has 3 rings (SSSR count). The largest absolute Gasteiger partial charge is 0.490 e. The Balaban J connectivity index is 1.36. The predicted octanol–water partition coefficient (Wildman–Crippen LogP) is 3.45. The molecule has 7 heteroatoms. The van der Waals surface area contributed by atoms with Gasteiger partial charge in [-0.1, -0.05) is 0 Å². The van der Waals surface area contributed by atoms with Crippen molar-refractivity contribution in [1.82, 2.24) is 15.1 Å². The number of carbonyl (C=O) groups is 1. The van der Waals surface area contributed by atoms with Crippen LogP contribution < -0.4 is 10.1 Å². The first kappa shape index (κ1) is 18.4. The molecule has 0 atom stereocenters. The van der Waals surface area contributed by atoms with Crippen LogP contribution >= 0.6 is 0 Å². The van der Waals surface area contributed by atoms with Crippen molar-refractivity contribution in [3.8, 4) is 5.75 Å². The number of benzene rings is 1. The highest BCUT2D eigenvalue weighted by Gasteiger charge is 2.23. The number of carbonyl (C=O) groups excluding carboxylic acids is 1. The first-order valence-electron chi connectivity index (χ1n) is 8.98. The van der Waals surface area contributed by atoms with Gasteiger partial charge in [-0.3, -0.25) is 9.48 Å². The zero-order chi connectivity index (χ0) is 18.4. The summed E-state index contributed by atoms with van der Waals surface area (Å²) in [5, 5.41) is 7.16. The summed E-state index contributed by atoms with van der Waals surface area (Å²) in [7, 11) is 0. The Labute approximate surface area is 151 Å². The molecule has 1 heterocycles. The Kier molecular flexibility index (Phi) is 6.20. The van der Waals surface area contributed by atoms with Crippen LogP contribution in [0, 0.1) is 11.6 Å². The molecule has 1 aromatic heterocycles. The molecule has 0 aliphatic heterocycles. The number of hydrogen-bond donors (Lipinski definition) is 1. The lowest BCUT2D eigenvalue weighted by molar-refractivity contribution is -0.122. The fourth-order valence-electron chi connectivity index (χ4n) is 3.25. The Morgan fingerprint density at radius 3 is 2.58 bits per heavy atom. The summed E-state index contributed by atoms with van der Waals surface area (Å²) in [5.74, 6) is -1.02. The number of nitrogens with zero attached hydrogens (tertiary/aromatic N) is 2. The maximum Gasteiger partial charge on any atom is 0.220 e. The zero-order valence-corrected chi connectivity index (χ0v) is 14.5. The summed E-state index contributed by atoms with van der Waals surface area (Å²) in [6.07, 6.45) is 7.83. The van der Waals surface area contributed by atoms with E-state index in [1.165, 1.54) is 12.1 Å². The topological polar surface area (TPSA) is 56.2 Å². The van der Waals surface area contributed by atoms with Gasteiger partial charge < -0.3 is 10.1 Å². The first-order chi connectivity index (χ1) is 12.6. The predicted molar refractivity (Wildman–Crippen MR) is 92.6 cm³/mol. The van der Waals surface area contributed by atoms with Crippen LogP contribution in [0.2, 0.25) is 0 Å². The van der Waals surface area contributed by atoms with Crippen molar-refractivity contribution >= 4 is 5.91 Å². The Bertz CT molecular complexity index is 693. The van der Waals surface area contributed by atoms with Crippen LogP contribution in [0.25, 0.3) is 0 Å². The molecule has 1 fully saturated rings. The van der Waals surface area contributed by atoms with Crippen LogP contribution in [0.15, 0.2) is 36.7 Å². The molecule has 0 spiro atoms. The normalized spacial score (nSPS) is 19.9. The van der Waals surface area contributed by atoms with Crippen molar-refractivity contribution in [1.29, 1.82) is 0 Å². The van der Waals surface area contributed by atoms with E-state index in [2.05, 4.69) is 10.4 Å². The van der Waals surface area contributed by atoms with Crippen molar-refractivity contribution < 1.29 is 18.3 Å². The van der Waals surface area contributed by atoms with Gasteiger partial charge in [-0.2, -0.15) is 5.10 Å². The third kappa shape index (κ3) is 5.54. The van der Waals surface area contributed by atoms with E-state index in [0.29, 0.717) is 6.42 Å². The standard InChI is InChI=1S/C19H23F2N3O2/c20-14-11-15(21)13-18(12-14)26-17-6-4-16(5-7-17)23-19(25)3-1-9-24-10-2-8-22-24/h2,8,10-13,16-17H,1,3-7,9H2,(H,23,25). The van der Waals surface area contributed by atoms with Gasteiger partial charge in [0, 0.05) is 49.6 Å². The first-order valence-corrected chi connectivity index (χ1v) is 8.98. The molecule has 2 aromatic rings. The zero-order valence-electron chi connectivity index (χ0n) is 14.5. The number of nitrogens with one attached hydrogen (secondary N) is 1.